The van der Waals surface area contributed by atoms with E-state index in [4.69, 9.17) is 4.42 Å². The summed E-state index contributed by atoms with van der Waals surface area (Å²) in [6, 6.07) is 14.5. The van der Waals surface area contributed by atoms with E-state index >= 15 is 0 Å². The molecule has 2 heterocycles. The first kappa shape index (κ1) is 14.4. The van der Waals surface area contributed by atoms with Crippen molar-refractivity contribution in [2.45, 2.75) is 27.2 Å². The second-order valence-electron chi connectivity index (χ2n) is 5.39. The molecular formula is C19H20N2O. The molecule has 0 aliphatic heterocycles. The molecule has 0 N–H and O–H groups in total. The molecule has 3 rings (SSSR count). The van der Waals surface area contributed by atoms with Crippen LogP contribution in [0.15, 0.2) is 58.1 Å². The van der Waals surface area contributed by atoms with Gasteiger partial charge in [-0.25, -0.2) is 4.99 Å². The topological polar surface area (TPSA) is 30.4 Å². The number of furan rings is 1. The molecule has 0 fully saturated rings. The van der Waals surface area contributed by atoms with Crippen molar-refractivity contribution in [1.29, 1.82) is 0 Å². The first-order valence-electron chi connectivity index (χ1n) is 7.55. The van der Waals surface area contributed by atoms with Crippen LogP contribution < -0.4 is 0 Å². The highest BCUT2D eigenvalue weighted by atomic mass is 16.3. The van der Waals surface area contributed by atoms with E-state index < -0.39 is 0 Å². The molecule has 0 spiro atoms. The minimum atomic E-state index is 0.622. The third kappa shape index (κ3) is 2.75. The van der Waals surface area contributed by atoms with Crippen molar-refractivity contribution in [3.05, 3.63) is 71.2 Å². The van der Waals surface area contributed by atoms with E-state index in [2.05, 4.69) is 60.7 Å². The van der Waals surface area contributed by atoms with Gasteiger partial charge in [0, 0.05) is 34.9 Å². The lowest BCUT2D eigenvalue weighted by atomic mass is 10.1. The summed E-state index contributed by atoms with van der Waals surface area (Å²) < 4.78 is 7.49. The average molecular weight is 292 g/mol. The predicted molar refractivity (Wildman–Crippen MR) is 90.6 cm³/mol. The Kier molecular flexibility index (Phi) is 3.96. The fourth-order valence-corrected chi connectivity index (χ4v) is 2.67. The number of hydrogen-bond donors (Lipinski definition) is 0. The normalized spacial score (nSPS) is 11.4. The van der Waals surface area contributed by atoms with Crippen LogP contribution in [0, 0.1) is 13.8 Å². The molecule has 1 aromatic carbocycles. The molecule has 3 nitrogen and oxygen atoms in total. The summed E-state index contributed by atoms with van der Waals surface area (Å²) in [5, 5.41) is 0. The predicted octanol–water partition coefficient (Wildman–Crippen LogP) is 5.00. The van der Waals surface area contributed by atoms with Crippen molar-refractivity contribution in [3.8, 4) is 5.69 Å². The van der Waals surface area contributed by atoms with E-state index in [1.54, 1.807) is 6.26 Å². The lowest BCUT2D eigenvalue weighted by molar-refractivity contribution is 0.578. The summed E-state index contributed by atoms with van der Waals surface area (Å²) in [5.41, 5.74) is 6.02. The van der Waals surface area contributed by atoms with Crippen molar-refractivity contribution in [3.63, 3.8) is 0 Å². The van der Waals surface area contributed by atoms with Gasteiger partial charge in [-0.05, 0) is 50.1 Å². The zero-order valence-corrected chi connectivity index (χ0v) is 13.2. The van der Waals surface area contributed by atoms with Gasteiger partial charge in [0.2, 0.25) is 5.88 Å². The molecule has 2 aromatic heterocycles. The minimum Gasteiger partial charge on any atom is -0.447 e. The smallest absolute Gasteiger partial charge is 0.218 e. The number of rotatable bonds is 4. The molecular weight excluding hydrogens is 272 g/mol. The summed E-state index contributed by atoms with van der Waals surface area (Å²) in [7, 11) is 0. The molecule has 0 unspecified atom stereocenters. The van der Waals surface area contributed by atoms with Crippen LogP contribution in [0.25, 0.3) is 5.69 Å². The van der Waals surface area contributed by atoms with Gasteiger partial charge >= 0.3 is 0 Å². The van der Waals surface area contributed by atoms with E-state index in [9.17, 15) is 0 Å². The lowest BCUT2D eigenvalue weighted by Gasteiger charge is -2.10. The highest BCUT2D eigenvalue weighted by Crippen LogP contribution is 2.21. The monoisotopic (exact) mass is 292 g/mol. The van der Waals surface area contributed by atoms with Crippen LogP contribution in [0.5, 0.6) is 0 Å². The molecule has 0 aliphatic rings. The first-order chi connectivity index (χ1) is 10.7. The Morgan fingerprint density at radius 3 is 2.55 bits per heavy atom. The van der Waals surface area contributed by atoms with Crippen LogP contribution in [-0.2, 0) is 6.42 Å². The Bertz CT molecular complexity index is 778. The number of benzene rings is 1. The van der Waals surface area contributed by atoms with Gasteiger partial charge < -0.3 is 8.98 Å². The lowest BCUT2D eigenvalue weighted by Crippen LogP contribution is -1.99. The van der Waals surface area contributed by atoms with Crippen LogP contribution in [0.3, 0.4) is 0 Å². The minimum absolute atomic E-state index is 0.622. The number of hydrogen-bond acceptors (Lipinski definition) is 2. The molecule has 3 aromatic rings. The van der Waals surface area contributed by atoms with Crippen LogP contribution in [0.2, 0.25) is 0 Å². The molecule has 0 saturated carbocycles. The molecule has 0 bridgehead atoms. The SMILES string of the molecule is CCc1ccc(-n2c(C)cc(C=Nc3ccco3)c2C)cc1. The molecule has 0 aliphatic carbocycles. The van der Waals surface area contributed by atoms with Crippen LogP contribution in [0.4, 0.5) is 5.88 Å². The third-order valence-electron chi connectivity index (χ3n) is 3.91. The number of nitrogens with zero attached hydrogens (tertiary/aromatic N) is 2. The highest BCUT2D eigenvalue weighted by Gasteiger charge is 2.09. The maximum absolute atomic E-state index is 5.24. The van der Waals surface area contributed by atoms with Crippen molar-refractivity contribution in [1.82, 2.24) is 4.57 Å². The molecule has 0 radical (unpaired) electrons. The molecule has 112 valence electrons. The van der Waals surface area contributed by atoms with Crippen molar-refractivity contribution < 1.29 is 4.42 Å². The first-order valence-corrected chi connectivity index (χ1v) is 7.55. The Labute approximate surface area is 130 Å². The second kappa shape index (κ2) is 6.06. The zero-order valence-electron chi connectivity index (χ0n) is 13.2. The summed E-state index contributed by atoms with van der Waals surface area (Å²) in [5.74, 6) is 0.622. The Morgan fingerprint density at radius 1 is 1.14 bits per heavy atom. The van der Waals surface area contributed by atoms with Crippen LogP contribution >= 0.6 is 0 Å². The fraction of sp³-hybridized carbons (Fsp3) is 0.211. The Hall–Kier alpha value is -2.55. The van der Waals surface area contributed by atoms with Gasteiger partial charge in [-0.3, -0.25) is 0 Å². The molecule has 0 saturated heterocycles. The summed E-state index contributed by atoms with van der Waals surface area (Å²) >= 11 is 0. The summed E-state index contributed by atoms with van der Waals surface area (Å²) in [6.45, 7) is 6.40. The van der Waals surface area contributed by atoms with E-state index in [0.717, 1.165) is 12.0 Å². The number of aliphatic imine (C=N–C) groups is 1. The Morgan fingerprint density at radius 2 is 1.91 bits per heavy atom. The van der Waals surface area contributed by atoms with E-state index in [-0.39, 0.29) is 0 Å². The van der Waals surface area contributed by atoms with Crippen molar-refractivity contribution >= 4 is 12.1 Å². The van der Waals surface area contributed by atoms with Gasteiger partial charge in [0.15, 0.2) is 0 Å². The van der Waals surface area contributed by atoms with Gasteiger partial charge in [-0.15, -0.1) is 0 Å². The van der Waals surface area contributed by atoms with Crippen molar-refractivity contribution in [2.75, 3.05) is 0 Å². The van der Waals surface area contributed by atoms with E-state index in [0.29, 0.717) is 5.88 Å². The third-order valence-corrected chi connectivity index (χ3v) is 3.91. The maximum atomic E-state index is 5.24. The van der Waals surface area contributed by atoms with Crippen LogP contribution in [0.1, 0.15) is 29.4 Å². The summed E-state index contributed by atoms with van der Waals surface area (Å²) in [4.78, 5) is 4.37. The van der Waals surface area contributed by atoms with E-state index in [1.165, 1.54) is 22.6 Å². The van der Waals surface area contributed by atoms with Gasteiger partial charge in [0.25, 0.3) is 0 Å². The number of aromatic nitrogens is 1. The molecule has 22 heavy (non-hydrogen) atoms. The van der Waals surface area contributed by atoms with Gasteiger partial charge in [0.05, 0.1) is 6.26 Å². The summed E-state index contributed by atoms with van der Waals surface area (Å²) in [6.07, 6.45) is 4.55. The maximum Gasteiger partial charge on any atom is 0.218 e. The van der Waals surface area contributed by atoms with Crippen LogP contribution in [-0.4, -0.2) is 10.8 Å². The van der Waals surface area contributed by atoms with Gasteiger partial charge in [-0.1, -0.05) is 19.1 Å². The van der Waals surface area contributed by atoms with E-state index in [1.807, 2.05) is 18.3 Å². The number of aryl methyl sites for hydroxylation is 2. The van der Waals surface area contributed by atoms with Gasteiger partial charge in [-0.2, -0.15) is 0 Å². The van der Waals surface area contributed by atoms with Gasteiger partial charge in [0.1, 0.15) is 0 Å². The second-order valence-corrected chi connectivity index (χ2v) is 5.39. The fourth-order valence-electron chi connectivity index (χ4n) is 2.67. The average Bonchev–Trinajstić information content (AvgIpc) is 3.14. The largest absolute Gasteiger partial charge is 0.447 e. The Balaban J connectivity index is 1.95. The molecule has 3 heteroatoms. The zero-order chi connectivity index (χ0) is 15.5. The highest BCUT2D eigenvalue weighted by molar-refractivity contribution is 5.83. The van der Waals surface area contributed by atoms with Crippen molar-refractivity contribution in [2.24, 2.45) is 4.99 Å². The molecule has 0 atom stereocenters. The molecule has 0 amide bonds. The standard InChI is InChI=1S/C19H20N2O/c1-4-16-7-9-18(10-8-16)21-14(2)12-17(15(21)3)13-20-19-6-5-11-22-19/h5-13H,4H2,1-3H3. The quantitative estimate of drug-likeness (QED) is 0.622.